The molecule has 0 atom stereocenters. The summed E-state index contributed by atoms with van der Waals surface area (Å²) in [6.07, 6.45) is 10.0. The summed E-state index contributed by atoms with van der Waals surface area (Å²) < 4.78 is 0. The van der Waals surface area contributed by atoms with E-state index in [-0.39, 0.29) is 17.1 Å². The molecule has 0 saturated heterocycles. The largest absolute Gasteiger partial charge is 0.481 e. The number of carboxylic acid groups (broad SMARTS) is 1. The molecule has 1 rings (SSSR count). The van der Waals surface area contributed by atoms with E-state index in [1.807, 2.05) is 6.92 Å². The summed E-state index contributed by atoms with van der Waals surface area (Å²) in [5.41, 5.74) is 0. The summed E-state index contributed by atoms with van der Waals surface area (Å²) in [6, 6.07) is 0. The Morgan fingerprint density at radius 2 is 1.38 bits per heavy atom. The second kappa shape index (κ2) is 12.0. The van der Waals surface area contributed by atoms with Crippen LogP contribution in [0.1, 0.15) is 58.3 Å². The van der Waals surface area contributed by atoms with Crippen molar-refractivity contribution in [1.82, 2.24) is 0 Å². The van der Waals surface area contributed by atoms with Crippen LogP contribution in [0, 0.1) is 0 Å². The first-order valence-electron chi connectivity index (χ1n) is 4.99. The standard InChI is InChI=1S/C6H12.C4H8O2.Mn/c1-2-4-6-5-3-1;1-2-3-4(5)6;/h1-6H2;2-3H2,1H3,(H,5,6);. The van der Waals surface area contributed by atoms with Gasteiger partial charge in [0.15, 0.2) is 0 Å². The summed E-state index contributed by atoms with van der Waals surface area (Å²) in [4.78, 5) is 9.60. The predicted octanol–water partition coefficient (Wildman–Crippen LogP) is 3.21. The molecule has 0 aromatic rings. The SMILES string of the molecule is C1CCCCC1.CCCC(=O)O.[Mn]. The van der Waals surface area contributed by atoms with E-state index in [2.05, 4.69) is 0 Å². The monoisotopic (exact) mass is 227 g/mol. The maximum absolute atomic E-state index is 9.60. The number of carboxylic acids is 1. The van der Waals surface area contributed by atoms with Crippen molar-refractivity contribution in [2.75, 3.05) is 0 Å². The molecule has 1 N–H and O–H groups in total. The molecule has 2 nitrogen and oxygen atoms in total. The van der Waals surface area contributed by atoms with Gasteiger partial charge in [0.05, 0.1) is 0 Å². The second-order valence-electron chi connectivity index (χ2n) is 3.27. The van der Waals surface area contributed by atoms with Gasteiger partial charge in [0.25, 0.3) is 0 Å². The molecule has 1 fully saturated rings. The quantitative estimate of drug-likeness (QED) is 0.735. The Morgan fingerprint density at radius 1 is 1.08 bits per heavy atom. The maximum Gasteiger partial charge on any atom is 0.303 e. The third kappa shape index (κ3) is 14.8. The second-order valence-corrected chi connectivity index (χ2v) is 3.27. The van der Waals surface area contributed by atoms with Crippen LogP contribution in [0.4, 0.5) is 0 Å². The molecule has 1 aliphatic carbocycles. The molecular weight excluding hydrogens is 207 g/mol. The zero-order chi connectivity index (χ0) is 9.23. The number of carbonyl (C=O) groups is 1. The van der Waals surface area contributed by atoms with Crippen molar-refractivity contribution in [2.24, 2.45) is 0 Å². The molecule has 0 amide bonds. The third-order valence-electron chi connectivity index (χ3n) is 1.96. The van der Waals surface area contributed by atoms with E-state index in [4.69, 9.17) is 5.11 Å². The number of hydrogen-bond donors (Lipinski definition) is 1. The Labute approximate surface area is 91.6 Å². The van der Waals surface area contributed by atoms with E-state index >= 15 is 0 Å². The van der Waals surface area contributed by atoms with Crippen LogP contribution in [0.5, 0.6) is 0 Å². The van der Waals surface area contributed by atoms with Gasteiger partial charge in [0.2, 0.25) is 0 Å². The molecule has 0 aromatic carbocycles. The maximum atomic E-state index is 9.60. The molecule has 1 radical (unpaired) electrons. The fraction of sp³-hybridized carbons (Fsp3) is 0.900. The molecular formula is C10H20MnO2. The summed E-state index contributed by atoms with van der Waals surface area (Å²) >= 11 is 0. The van der Waals surface area contributed by atoms with Gasteiger partial charge in [0, 0.05) is 23.5 Å². The van der Waals surface area contributed by atoms with E-state index in [9.17, 15) is 4.79 Å². The van der Waals surface area contributed by atoms with Crippen molar-refractivity contribution in [3.05, 3.63) is 0 Å². The predicted molar refractivity (Wildman–Crippen MR) is 50.2 cm³/mol. The molecule has 0 aromatic heterocycles. The van der Waals surface area contributed by atoms with Crippen LogP contribution in [0.2, 0.25) is 0 Å². The summed E-state index contributed by atoms with van der Waals surface area (Å²) in [5, 5.41) is 7.91. The molecule has 0 heterocycles. The molecule has 13 heavy (non-hydrogen) atoms. The summed E-state index contributed by atoms with van der Waals surface area (Å²) in [7, 11) is 0. The minimum absolute atomic E-state index is 0. The molecule has 1 saturated carbocycles. The van der Waals surface area contributed by atoms with Gasteiger partial charge in [-0.3, -0.25) is 4.79 Å². The minimum Gasteiger partial charge on any atom is -0.481 e. The summed E-state index contributed by atoms with van der Waals surface area (Å²) in [5.74, 6) is -0.711. The fourth-order valence-corrected chi connectivity index (χ4v) is 1.27. The molecule has 79 valence electrons. The van der Waals surface area contributed by atoms with Crippen molar-refractivity contribution in [3.63, 3.8) is 0 Å². The Bertz CT molecular complexity index is 100.0. The van der Waals surface area contributed by atoms with Gasteiger partial charge in [-0.05, 0) is 6.42 Å². The van der Waals surface area contributed by atoms with Gasteiger partial charge < -0.3 is 5.11 Å². The molecule has 3 heteroatoms. The van der Waals surface area contributed by atoms with E-state index in [0.717, 1.165) is 6.42 Å². The molecule has 0 bridgehead atoms. The van der Waals surface area contributed by atoms with Gasteiger partial charge in [-0.15, -0.1) is 0 Å². The molecule has 0 spiro atoms. The van der Waals surface area contributed by atoms with Gasteiger partial charge in [0.1, 0.15) is 0 Å². The van der Waals surface area contributed by atoms with Crippen LogP contribution < -0.4 is 0 Å². The number of hydrogen-bond acceptors (Lipinski definition) is 1. The van der Waals surface area contributed by atoms with Gasteiger partial charge >= 0.3 is 5.97 Å². The van der Waals surface area contributed by atoms with E-state index < -0.39 is 5.97 Å². The fourth-order valence-electron chi connectivity index (χ4n) is 1.27. The van der Waals surface area contributed by atoms with Gasteiger partial charge in [-0.1, -0.05) is 45.4 Å². The van der Waals surface area contributed by atoms with Crippen molar-refractivity contribution in [2.45, 2.75) is 58.3 Å². The van der Waals surface area contributed by atoms with E-state index in [1.165, 1.54) is 38.5 Å². The molecule has 1 aliphatic rings. The Balaban J connectivity index is 0. The van der Waals surface area contributed by atoms with E-state index in [1.54, 1.807) is 0 Å². The normalized spacial score (nSPS) is 14.8. The number of rotatable bonds is 2. The van der Waals surface area contributed by atoms with Crippen LogP contribution in [0.3, 0.4) is 0 Å². The van der Waals surface area contributed by atoms with Crippen LogP contribution in [-0.4, -0.2) is 11.1 Å². The Kier molecular flexibility index (Phi) is 14.3. The molecule has 0 aliphatic heterocycles. The zero-order valence-electron chi connectivity index (χ0n) is 8.39. The van der Waals surface area contributed by atoms with Crippen LogP contribution in [0.25, 0.3) is 0 Å². The van der Waals surface area contributed by atoms with Crippen molar-refractivity contribution < 1.29 is 27.0 Å². The summed E-state index contributed by atoms with van der Waals surface area (Å²) in [6.45, 7) is 1.84. The molecule has 0 unspecified atom stereocenters. The Morgan fingerprint density at radius 3 is 1.46 bits per heavy atom. The van der Waals surface area contributed by atoms with Crippen molar-refractivity contribution >= 4 is 5.97 Å². The zero-order valence-corrected chi connectivity index (χ0v) is 9.57. The van der Waals surface area contributed by atoms with E-state index in [0.29, 0.717) is 6.42 Å². The van der Waals surface area contributed by atoms with Crippen LogP contribution >= 0.6 is 0 Å². The van der Waals surface area contributed by atoms with Gasteiger partial charge in [-0.25, -0.2) is 0 Å². The van der Waals surface area contributed by atoms with Crippen molar-refractivity contribution in [3.8, 4) is 0 Å². The minimum atomic E-state index is -0.711. The third-order valence-corrected chi connectivity index (χ3v) is 1.96. The average Bonchev–Trinajstić information content (AvgIpc) is 2.08. The van der Waals surface area contributed by atoms with Crippen molar-refractivity contribution in [1.29, 1.82) is 0 Å². The van der Waals surface area contributed by atoms with Gasteiger partial charge in [-0.2, -0.15) is 0 Å². The van der Waals surface area contributed by atoms with Crippen LogP contribution in [0.15, 0.2) is 0 Å². The number of aliphatic carboxylic acids is 1. The topological polar surface area (TPSA) is 37.3 Å². The van der Waals surface area contributed by atoms with Crippen LogP contribution in [-0.2, 0) is 21.9 Å². The smallest absolute Gasteiger partial charge is 0.303 e. The Hall–Kier alpha value is -0.0105. The first kappa shape index (κ1) is 15.5. The average molecular weight is 227 g/mol. The first-order chi connectivity index (χ1) is 5.77. The first-order valence-corrected chi connectivity index (χ1v) is 4.99.